The number of hydrogen-bond acceptors (Lipinski definition) is 11. The Morgan fingerprint density at radius 1 is 0.755 bits per heavy atom. The van der Waals surface area contributed by atoms with Gasteiger partial charge in [0.1, 0.15) is 48.0 Å². The molecule has 1 saturated carbocycles. The Kier molecular flexibility index (Phi) is 9.99. The number of aromatic carboxylic acids is 1. The lowest BCUT2D eigenvalue weighted by Crippen LogP contribution is -2.54. The summed E-state index contributed by atoms with van der Waals surface area (Å²) < 4.78 is 56.9. The number of rotatable bonds is 12. The van der Waals surface area contributed by atoms with Crippen LogP contribution in [0.5, 0.6) is 17.2 Å². The molecule has 6 unspecified atom stereocenters. The van der Waals surface area contributed by atoms with Crippen molar-refractivity contribution in [2.45, 2.75) is 16.7 Å². The van der Waals surface area contributed by atoms with E-state index in [0.29, 0.717) is 0 Å². The molecule has 0 spiro atoms. The van der Waals surface area contributed by atoms with Gasteiger partial charge in [-0.05, 0) is 82.0 Å². The fourth-order valence-corrected chi connectivity index (χ4v) is 8.96. The van der Waals surface area contributed by atoms with Gasteiger partial charge in [0.15, 0.2) is 0 Å². The lowest BCUT2D eigenvalue weighted by molar-refractivity contribution is -0.268. The standard InChI is InChI=1S/C35H31IO12S/c36-26-17-19(10-12-28(26)49(42,43)44)45-13-15-47-34(40)31-29-21-5-1-3-7-23(21)30(24-8-4-2-6-22(24)29)32(31)35(41)48-16-14-46-20-9-11-25(33(38)39)27(37)18-20/h1-12,17-18,21,23,29-32,37H,13-16H2,(H,38,39)(H,42,43,44)/p-2. The van der Waals surface area contributed by atoms with Gasteiger partial charge in [-0.15, -0.1) is 0 Å². The second-order valence-corrected chi connectivity index (χ2v) is 14.2. The van der Waals surface area contributed by atoms with E-state index in [9.17, 15) is 32.5 Å². The maximum Gasteiger partial charge on any atom is 0.335 e. The Morgan fingerprint density at radius 3 is 1.73 bits per heavy atom. The first-order chi connectivity index (χ1) is 23.5. The summed E-state index contributed by atoms with van der Waals surface area (Å²) >= 11 is 1.73. The van der Waals surface area contributed by atoms with Gasteiger partial charge in [-0.25, -0.2) is 13.2 Å². The second-order valence-electron chi connectivity index (χ2n) is 11.7. The minimum Gasteiger partial charge on any atom is -0.872 e. The third kappa shape index (κ3) is 7.03. The number of fused-ring (bicyclic) bond motifs is 1. The first kappa shape index (κ1) is 34.5. The van der Waals surface area contributed by atoms with E-state index in [1.165, 1.54) is 18.2 Å². The molecule has 4 aliphatic rings. The van der Waals surface area contributed by atoms with Crippen LogP contribution in [0.15, 0.2) is 89.9 Å². The lowest BCUT2D eigenvalue weighted by atomic mass is 9.48. The third-order valence-electron chi connectivity index (χ3n) is 9.02. The van der Waals surface area contributed by atoms with Gasteiger partial charge in [0.05, 0.1) is 22.3 Å². The van der Waals surface area contributed by atoms with E-state index < -0.39 is 45.6 Å². The summed E-state index contributed by atoms with van der Waals surface area (Å²) in [7, 11) is -4.64. The van der Waals surface area contributed by atoms with Crippen LogP contribution in [0, 0.1) is 27.2 Å². The van der Waals surface area contributed by atoms with Gasteiger partial charge in [0.2, 0.25) is 0 Å². The number of ether oxygens (including phenoxy) is 4. The van der Waals surface area contributed by atoms with E-state index in [1.807, 2.05) is 36.4 Å². The normalized spacial score (nSPS) is 23.2. The molecule has 0 aliphatic heterocycles. The van der Waals surface area contributed by atoms with Crippen molar-refractivity contribution in [3.05, 3.63) is 105 Å². The molecule has 2 bridgehead atoms. The maximum atomic E-state index is 13.9. The summed E-state index contributed by atoms with van der Waals surface area (Å²) in [5, 5.41) is 21.1. The molecule has 1 N–H and O–H groups in total. The zero-order chi connectivity index (χ0) is 34.9. The zero-order valence-corrected chi connectivity index (χ0v) is 28.6. The van der Waals surface area contributed by atoms with Crippen LogP contribution in [0.2, 0.25) is 0 Å². The van der Waals surface area contributed by atoms with Crippen molar-refractivity contribution >= 4 is 50.6 Å². The molecule has 14 heteroatoms. The van der Waals surface area contributed by atoms with Crippen molar-refractivity contribution in [2.75, 3.05) is 26.4 Å². The summed E-state index contributed by atoms with van der Waals surface area (Å²) in [4.78, 5) is 38.5. The largest absolute Gasteiger partial charge is 0.872 e. The molecule has 1 fully saturated rings. The van der Waals surface area contributed by atoms with Crippen molar-refractivity contribution in [1.82, 2.24) is 0 Å². The van der Waals surface area contributed by atoms with Crippen molar-refractivity contribution in [1.29, 1.82) is 0 Å². The van der Waals surface area contributed by atoms with E-state index in [-0.39, 0.29) is 75.6 Å². The molecule has 256 valence electrons. The summed E-state index contributed by atoms with van der Waals surface area (Å²) in [6, 6.07) is 15.2. The highest BCUT2D eigenvalue weighted by molar-refractivity contribution is 14.1. The first-order valence-corrected chi connectivity index (χ1v) is 17.8. The topological polar surface area (TPSA) is 189 Å². The van der Waals surface area contributed by atoms with Crippen molar-refractivity contribution in [2.24, 2.45) is 23.7 Å². The average Bonchev–Trinajstić information content (AvgIpc) is 3.07. The second kappa shape index (κ2) is 14.2. The van der Waals surface area contributed by atoms with Gasteiger partial charge in [0, 0.05) is 15.4 Å². The molecule has 4 aliphatic carbocycles. The van der Waals surface area contributed by atoms with Crippen molar-refractivity contribution in [3.8, 4) is 17.2 Å². The van der Waals surface area contributed by atoms with E-state index in [4.69, 9.17) is 24.1 Å². The highest BCUT2D eigenvalue weighted by Crippen LogP contribution is 2.62. The van der Waals surface area contributed by atoms with Gasteiger partial charge in [-0.3, -0.25) is 9.59 Å². The van der Waals surface area contributed by atoms with Gasteiger partial charge in [-0.1, -0.05) is 54.3 Å². The highest BCUT2D eigenvalue weighted by atomic mass is 127. The molecule has 0 amide bonds. The van der Waals surface area contributed by atoms with Crippen LogP contribution in [0.3, 0.4) is 0 Å². The Balaban J connectivity index is 1.16. The number of allylic oxidation sites excluding steroid dienone is 4. The smallest absolute Gasteiger partial charge is 0.335 e. The number of carbonyl (C=O) groups is 3. The molecule has 3 aromatic rings. The van der Waals surface area contributed by atoms with E-state index in [1.54, 1.807) is 22.6 Å². The fraction of sp³-hybridized carbons (Fsp3) is 0.286. The number of hydrogen-bond donors (Lipinski definition) is 1. The average molecular weight is 801 g/mol. The number of carboxylic acids is 1. The van der Waals surface area contributed by atoms with Crippen LogP contribution < -0.4 is 14.6 Å². The Bertz CT molecular complexity index is 1960. The van der Waals surface area contributed by atoms with E-state index >= 15 is 0 Å². The predicted octanol–water partition coefficient (Wildman–Crippen LogP) is 4.00. The van der Waals surface area contributed by atoms with Gasteiger partial charge in [-0.2, -0.15) is 0 Å². The molecular weight excluding hydrogens is 771 g/mol. The zero-order valence-electron chi connectivity index (χ0n) is 25.6. The molecule has 49 heavy (non-hydrogen) atoms. The van der Waals surface area contributed by atoms with Crippen LogP contribution in [0.25, 0.3) is 0 Å². The Morgan fingerprint density at radius 2 is 1.27 bits per heavy atom. The van der Waals surface area contributed by atoms with Crippen LogP contribution in [-0.4, -0.2) is 62.4 Å². The summed E-state index contributed by atoms with van der Waals surface area (Å²) in [6.45, 7) is -0.526. The Labute approximate surface area is 295 Å². The van der Waals surface area contributed by atoms with Gasteiger partial charge >= 0.3 is 17.9 Å². The van der Waals surface area contributed by atoms with Crippen LogP contribution in [0.1, 0.15) is 33.3 Å². The fourth-order valence-electron chi connectivity index (χ4n) is 7.13. The molecule has 12 nitrogen and oxygen atoms in total. The monoisotopic (exact) mass is 800 g/mol. The van der Waals surface area contributed by atoms with Crippen molar-refractivity contribution in [3.63, 3.8) is 0 Å². The Hall–Kier alpha value is -4.41. The van der Waals surface area contributed by atoms with Crippen LogP contribution >= 0.6 is 22.6 Å². The third-order valence-corrected chi connectivity index (χ3v) is 11.2. The molecule has 3 aromatic carbocycles. The molecular formula is C35H29IO12S-2. The summed E-state index contributed by atoms with van der Waals surface area (Å²) in [6.07, 6.45) is 7.99. The first-order valence-electron chi connectivity index (χ1n) is 15.3. The summed E-state index contributed by atoms with van der Waals surface area (Å²) in [5.41, 5.74) is 1.56. The number of carboxylic acid groups (broad SMARTS) is 1. The van der Waals surface area contributed by atoms with E-state index in [0.717, 1.165) is 29.3 Å². The molecule has 0 heterocycles. The highest BCUT2D eigenvalue weighted by Gasteiger charge is 2.60. The van der Waals surface area contributed by atoms with Crippen LogP contribution in [-0.2, 0) is 29.2 Å². The number of halogens is 1. The SMILES string of the molecule is O=C(O)c1ccc(OCCOC(=O)C2C(C(=O)OCCOc3ccc(S(=O)(=O)[O-])c(I)c3)C3c4ccccc4C2C2C=CC=CC23)cc1[O-]. The molecule has 7 rings (SSSR count). The predicted molar refractivity (Wildman–Crippen MR) is 177 cm³/mol. The van der Waals surface area contributed by atoms with Crippen molar-refractivity contribution < 1.29 is 56.5 Å². The minimum atomic E-state index is -4.64. The number of benzene rings is 3. The van der Waals surface area contributed by atoms with Gasteiger partial charge < -0.3 is 33.7 Å². The minimum absolute atomic E-state index is 0.0565. The quantitative estimate of drug-likeness (QED) is 0.120. The maximum absolute atomic E-state index is 13.9. The van der Waals surface area contributed by atoms with Gasteiger partial charge in [0.25, 0.3) is 0 Å². The van der Waals surface area contributed by atoms with Crippen LogP contribution in [0.4, 0.5) is 0 Å². The van der Waals surface area contributed by atoms with E-state index in [2.05, 4.69) is 12.2 Å². The number of carbonyl (C=O) groups excluding carboxylic acids is 2. The molecule has 0 radical (unpaired) electrons. The molecule has 0 aromatic heterocycles. The molecule has 0 saturated heterocycles. The molecule has 6 atom stereocenters. The summed E-state index contributed by atoms with van der Waals surface area (Å²) in [5.74, 6) is -5.44. The lowest BCUT2D eigenvalue weighted by Gasteiger charge is -2.54. The number of esters is 2.